The van der Waals surface area contributed by atoms with Gasteiger partial charge >= 0.3 is 11.9 Å². The Morgan fingerprint density at radius 2 is 0.978 bits per heavy atom. The van der Waals surface area contributed by atoms with Gasteiger partial charge in [0.05, 0.1) is 0 Å². The summed E-state index contributed by atoms with van der Waals surface area (Å²) in [5.41, 5.74) is 0. The predicted octanol–water partition coefficient (Wildman–Crippen LogP) is 2.82. The fourth-order valence-electron chi connectivity index (χ4n) is 5.09. The molecule has 1 fully saturated rings. The third-order valence-electron chi connectivity index (χ3n) is 7.78. The third kappa shape index (κ3) is 11.6. The van der Waals surface area contributed by atoms with Gasteiger partial charge in [-0.25, -0.2) is 9.59 Å². The molecule has 45 heavy (non-hydrogen) atoms. The van der Waals surface area contributed by atoms with Crippen molar-refractivity contribution in [3.05, 3.63) is 0 Å². The summed E-state index contributed by atoms with van der Waals surface area (Å²) < 4.78 is 11.5. The Morgan fingerprint density at radius 3 is 1.38 bits per heavy atom. The first-order valence-corrected chi connectivity index (χ1v) is 16.3. The van der Waals surface area contributed by atoms with Crippen molar-refractivity contribution in [3.8, 4) is 0 Å². The van der Waals surface area contributed by atoms with E-state index >= 15 is 0 Å². The van der Waals surface area contributed by atoms with Crippen molar-refractivity contribution >= 4 is 35.6 Å². The fraction of sp³-hybridized carbons (Fsp3) is 0.818. The maximum absolute atomic E-state index is 13.9. The summed E-state index contributed by atoms with van der Waals surface area (Å²) in [7, 11) is 1.47. The molecule has 0 aromatic carbocycles. The molecule has 0 aromatic rings. The summed E-state index contributed by atoms with van der Waals surface area (Å²) >= 11 is 0. The van der Waals surface area contributed by atoms with Crippen molar-refractivity contribution in [2.75, 3.05) is 7.05 Å². The molecule has 1 aliphatic heterocycles. The molecule has 1 rings (SSSR count). The van der Waals surface area contributed by atoms with Gasteiger partial charge in [-0.3, -0.25) is 19.2 Å². The van der Waals surface area contributed by atoms with Crippen LogP contribution in [0, 0.1) is 35.5 Å². The van der Waals surface area contributed by atoms with Crippen LogP contribution in [0.15, 0.2) is 0 Å². The Balaban J connectivity index is 3.79. The molecular weight excluding hydrogens is 580 g/mol. The molecule has 1 saturated heterocycles. The van der Waals surface area contributed by atoms with Gasteiger partial charge in [0.2, 0.25) is 11.8 Å². The van der Waals surface area contributed by atoms with Crippen LogP contribution in [0.2, 0.25) is 0 Å². The molecular formula is C33H58N4O8. The van der Waals surface area contributed by atoms with Gasteiger partial charge in [0, 0.05) is 7.05 Å². The second-order valence-corrected chi connectivity index (χ2v) is 14.4. The van der Waals surface area contributed by atoms with Gasteiger partial charge in [-0.05, 0) is 48.3 Å². The molecule has 1 aliphatic rings. The Labute approximate surface area is 269 Å². The lowest BCUT2D eigenvalue weighted by Crippen LogP contribution is -2.59. The van der Waals surface area contributed by atoms with Crippen LogP contribution in [0.5, 0.6) is 0 Å². The smallest absolute Gasteiger partial charge is 0.329 e. The summed E-state index contributed by atoms with van der Waals surface area (Å²) in [4.78, 5) is 83.0. The minimum Gasteiger partial charge on any atom is -0.450 e. The lowest BCUT2D eigenvalue weighted by Gasteiger charge is -2.35. The van der Waals surface area contributed by atoms with E-state index in [0.29, 0.717) is 0 Å². The molecule has 0 aromatic heterocycles. The molecule has 0 aliphatic carbocycles. The maximum atomic E-state index is 13.9. The van der Waals surface area contributed by atoms with E-state index in [0.717, 1.165) is 0 Å². The lowest BCUT2D eigenvalue weighted by atomic mass is 9.97. The van der Waals surface area contributed by atoms with E-state index in [9.17, 15) is 28.8 Å². The summed E-state index contributed by atoms with van der Waals surface area (Å²) in [6, 6.07) is -4.27. The van der Waals surface area contributed by atoms with Gasteiger partial charge in [-0.2, -0.15) is 0 Å². The summed E-state index contributed by atoms with van der Waals surface area (Å²) in [5.74, 6) is -5.77. The summed E-state index contributed by atoms with van der Waals surface area (Å²) in [6.45, 7) is 21.4. The number of nitrogens with one attached hydrogen (secondary N) is 3. The van der Waals surface area contributed by atoms with Crippen LogP contribution >= 0.6 is 0 Å². The zero-order valence-corrected chi connectivity index (χ0v) is 29.6. The van der Waals surface area contributed by atoms with E-state index in [1.54, 1.807) is 55.4 Å². The van der Waals surface area contributed by atoms with E-state index in [1.807, 2.05) is 27.7 Å². The Bertz CT molecular complexity index is 1060. The largest absolute Gasteiger partial charge is 0.450 e. The topological polar surface area (TPSA) is 160 Å². The molecule has 0 bridgehead atoms. The highest BCUT2D eigenvalue weighted by atomic mass is 16.6. The van der Waals surface area contributed by atoms with Crippen molar-refractivity contribution in [1.29, 1.82) is 0 Å². The maximum Gasteiger partial charge on any atom is 0.329 e. The van der Waals surface area contributed by atoms with Gasteiger partial charge in [-0.1, -0.05) is 83.1 Å². The fourth-order valence-corrected chi connectivity index (χ4v) is 5.09. The van der Waals surface area contributed by atoms with Crippen LogP contribution in [0.25, 0.3) is 0 Å². The zero-order valence-electron chi connectivity index (χ0n) is 29.6. The Hall–Kier alpha value is -3.18. The number of nitrogens with zero attached hydrogens (tertiary/aromatic N) is 1. The Morgan fingerprint density at radius 1 is 0.556 bits per heavy atom. The summed E-state index contributed by atoms with van der Waals surface area (Å²) in [5, 5.41) is 8.19. The highest BCUT2D eigenvalue weighted by Gasteiger charge is 2.41. The standard InChI is InChI=1S/C33H58N4O8/c1-16(2)14-22-32(42)44-26(20(9)10)30(40)36-25(19(7)8)31(41)37(13)23(15-17(3)4)33(43)45-27(21(11)12)29(39)35-24(18(5)6)28(38)34-22/h16-27H,14-15H2,1-13H3,(H,34,38)(H,35,39)(H,36,40)/t22-,23+,24-,25-,26+,27+/m1/s1. The number of likely N-dealkylation sites (N-methyl/N-ethyl adjacent to an activating group) is 1. The second-order valence-electron chi connectivity index (χ2n) is 14.4. The number of hydrogen-bond acceptors (Lipinski definition) is 8. The van der Waals surface area contributed by atoms with Gasteiger partial charge in [0.1, 0.15) is 24.2 Å². The number of cyclic esters (lactones) is 2. The van der Waals surface area contributed by atoms with Gasteiger partial charge in [0.25, 0.3) is 11.8 Å². The van der Waals surface area contributed by atoms with E-state index in [1.165, 1.54) is 11.9 Å². The van der Waals surface area contributed by atoms with Crippen molar-refractivity contribution in [2.45, 2.75) is 132 Å². The number of amides is 4. The minimum atomic E-state index is -1.26. The molecule has 0 unspecified atom stereocenters. The third-order valence-corrected chi connectivity index (χ3v) is 7.78. The highest BCUT2D eigenvalue weighted by Crippen LogP contribution is 2.20. The number of carbonyl (C=O) groups excluding carboxylic acids is 6. The first-order valence-electron chi connectivity index (χ1n) is 16.3. The van der Waals surface area contributed by atoms with Crippen LogP contribution in [0.3, 0.4) is 0 Å². The molecule has 4 amide bonds. The predicted molar refractivity (Wildman–Crippen MR) is 170 cm³/mol. The summed E-state index contributed by atoms with van der Waals surface area (Å²) in [6.07, 6.45) is -2.05. The molecule has 258 valence electrons. The molecule has 0 spiro atoms. The molecule has 0 saturated carbocycles. The van der Waals surface area contributed by atoms with Crippen molar-refractivity contribution in [3.63, 3.8) is 0 Å². The highest BCUT2D eigenvalue weighted by molar-refractivity contribution is 5.95. The van der Waals surface area contributed by atoms with Crippen LogP contribution in [0.4, 0.5) is 0 Å². The Kier molecular flexibility index (Phi) is 15.5. The van der Waals surface area contributed by atoms with E-state index < -0.39 is 89.7 Å². The average Bonchev–Trinajstić information content (AvgIpc) is 2.91. The van der Waals surface area contributed by atoms with Crippen LogP contribution in [-0.2, 0) is 38.2 Å². The average molecular weight is 639 g/mol. The number of esters is 2. The van der Waals surface area contributed by atoms with Crippen LogP contribution in [-0.4, -0.2) is 83.9 Å². The van der Waals surface area contributed by atoms with Crippen molar-refractivity contribution in [2.24, 2.45) is 35.5 Å². The SMILES string of the molecule is CC(C)C[C@H]1NC(=O)[C@@H](C(C)C)NC(=O)[C@H](C(C)C)OC(=O)[C@H](CC(C)C)N(C)C(=O)[C@@H](C(C)C)NC(=O)[C@H](C(C)C)OC1=O. The number of ether oxygens (including phenoxy) is 2. The number of rotatable bonds is 8. The molecule has 12 nitrogen and oxygen atoms in total. The monoisotopic (exact) mass is 638 g/mol. The number of carbonyl (C=O) groups is 6. The molecule has 0 radical (unpaired) electrons. The van der Waals surface area contributed by atoms with Crippen LogP contribution in [0.1, 0.15) is 95.9 Å². The van der Waals surface area contributed by atoms with Gasteiger partial charge < -0.3 is 30.3 Å². The van der Waals surface area contributed by atoms with Crippen molar-refractivity contribution < 1.29 is 38.2 Å². The van der Waals surface area contributed by atoms with E-state index in [4.69, 9.17) is 9.47 Å². The molecule has 12 heteroatoms. The first-order chi connectivity index (χ1) is 20.7. The van der Waals surface area contributed by atoms with Crippen molar-refractivity contribution in [1.82, 2.24) is 20.9 Å². The van der Waals surface area contributed by atoms with E-state index in [2.05, 4.69) is 16.0 Å². The quantitative estimate of drug-likeness (QED) is 0.342. The second kappa shape index (κ2) is 17.5. The minimum absolute atomic E-state index is 0.0217. The van der Waals surface area contributed by atoms with Gasteiger partial charge in [-0.15, -0.1) is 0 Å². The first kappa shape index (κ1) is 39.8. The normalized spacial score (nSPS) is 27.0. The zero-order chi connectivity index (χ0) is 34.9. The lowest BCUT2D eigenvalue weighted by molar-refractivity contribution is -0.167. The van der Waals surface area contributed by atoms with Crippen LogP contribution < -0.4 is 16.0 Å². The molecule has 1 heterocycles. The van der Waals surface area contributed by atoms with Gasteiger partial charge in [0.15, 0.2) is 12.2 Å². The molecule has 6 atom stereocenters. The molecule has 3 N–H and O–H groups in total. The number of hydrogen-bond donors (Lipinski definition) is 3. The van der Waals surface area contributed by atoms with E-state index in [-0.39, 0.29) is 30.6 Å².